The molecule has 3 rings (SSSR count). The molecule has 25 heavy (non-hydrogen) atoms. The first-order valence-corrected chi connectivity index (χ1v) is 8.72. The molecule has 0 atom stereocenters. The van der Waals surface area contributed by atoms with Crippen molar-refractivity contribution in [2.24, 2.45) is 0 Å². The lowest BCUT2D eigenvalue weighted by Crippen LogP contribution is -2.29. The van der Waals surface area contributed by atoms with Crippen molar-refractivity contribution in [3.63, 3.8) is 0 Å². The van der Waals surface area contributed by atoms with Crippen LogP contribution in [0.1, 0.15) is 11.3 Å². The second-order valence-electron chi connectivity index (χ2n) is 6.13. The number of likely N-dealkylation sites (N-methyl/N-ethyl adjacent to an activating group) is 1. The Morgan fingerprint density at radius 3 is 2.32 bits per heavy atom. The van der Waals surface area contributed by atoms with E-state index in [1.54, 1.807) is 4.68 Å². The minimum atomic E-state index is -0.0213. The first-order valence-electron chi connectivity index (χ1n) is 7.92. The molecule has 0 N–H and O–H groups in total. The number of aromatic nitrogens is 2. The van der Waals surface area contributed by atoms with Crippen LogP contribution in [0.3, 0.4) is 0 Å². The fraction of sp³-hybridized carbons (Fsp3) is 0.263. The van der Waals surface area contributed by atoms with Crippen LogP contribution >= 0.6 is 28.3 Å². The number of nitrogens with zero attached hydrogens (tertiary/aromatic N) is 3. The Morgan fingerprint density at radius 1 is 1.04 bits per heavy atom. The highest BCUT2D eigenvalue weighted by molar-refractivity contribution is 9.10. The summed E-state index contributed by atoms with van der Waals surface area (Å²) in [6, 6.07) is 15.9. The maximum absolute atomic E-state index is 12.7. The van der Waals surface area contributed by atoms with Crippen LogP contribution < -0.4 is 5.56 Å². The standard InChI is InChI=1S/C19H20BrN3O.ClH/c1-22(2)11-12-23-19(24)17-6-4-3-5-16(17)18(21-23)13-14-7-9-15(20)10-8-14;/h3-10H,11-13H2,1-2H3;1H. The lowest BCUT2D eigenvalue weighted by molar-refractivity contribution is 0.367. The van der Waals surface area contributed by atoms with Crippen molar-refractivity contribution in [2.45, 2.75) is 13.0 Å². The number of hydrogen-bond acceptors (Lipinski definition) is 3. The van der Waals surface area contributed by atoms with Crippen LogP contribution in [-0.4, -0.2) is 35.3 Å². The van der Waals surface area contributed by atoms with E-state index in [4.69, 9.17) is 0 Å². The smallest absolute Gasteiger partial charge is 0.274 e. The van der Waals surface area contributed by atoms with E-state index in [2.05, 4.69) is 38.1 Å². The average molecular weight is 423 g/mol. The molecule has 2 aromatic carbocycles. The van der Waals surface area contributed by atoms with Crippen LogP contribution in [0.2, 0.25) is 0 Å². The van der Waals surface area contributed by atoms with Gasteiger partial charge in [-0.3, -0.25) is 4.79 Å². The molecule has 1 heterocycles. The van der Waals surface area contributed by atoms with E-state index >= 15 is 0 Å². The van der Waals surface area contributed by atoms with E-state index in [-0.39, 0.29) is 18.0 Å². The quantitative estimate of drug-likeness (QED) is 0.629. The second-order valence-corrected chi connectivity index (χ2v) is 7.04. The lowest BCUT2D eigenvalue weighted by Gasteiger charge is -2.13. The highest BCUT2D eigenvalue weighted by Crippen LogP contribution is 2.18. The number of fused-ring (bicyclic) bond motifs is 1. The molecule has 0 spiro atoms. The summed E-state index contributed by atoms with van der Waals surface area (Å²) < 4.78 is 2.65. The normalized spacial score (nSPS) is 10.9. The van der Waals surface area contributed by atoms with Gasteiger partial charge in [0.25, 0.3) is 5.56 Å². The first-order chi connectivity index (χ1) is 11.5. The predicted molar refractivity (Wildman–Crippen MR) is 109 cm³/mol. The number of hydrogen-bond donors (Lipinski definition) is 0. The van der Waals surface area contributed by atoms with Gasteiger partial charge in [-0.05, 0) is 37.9 Å². The van der Waals surface area contributed by atoms with Crippen LogP contribution in [-0.2, 0) is 13.0 Å². The monoisotopic (exact) mass is 421 g/mol. The summed E-state index contributed by atoms with van der Waals surface area (Å²) in [5, 5.41) is 6.33. The molecule has 0 fully saturated rings. The zero-order valence-electron chi connectivity index (χ0n) is 14.3. The van der Waals surface area contributed by atoms with Gasteiger partial charge in [0.2, 0.25) is 0 Å². The summed E-state index contributed by atoms with van der Waals surface area (Å²) in [6.07, 6.45) is 0.704. The Kier molecular flexibility index (Phi) is 6.76. The summed E-state index contributed by atoms with van der Waals surface area (Å²) in [7, 11) is 3.99. The number of benzene rings is 2. The van der Waals surface area contributed by atoms with Crippen LogP contribution in [0.4, 0.5) is 0 Å². The molecule has 0 unspecified atom stereocenters. The largest absolute Gasteiger partial charge is 0.308 e. The molecular weight excluding hydrogens is 402 g/mol. The maximum atomic E-state index is 12.7. The molecule has 0 bridgehead atoms. The molecule has 1 aromatic heterocycles. The molecule has 0 radical (unpaired) electrons. The Hall–Kier alpha value is -1.69. The van der Waals surface area contributed by atoms with Crippen molar-refractivity contribution in [1.82, 2.24) is 14.7 Å². The van der Waals surface area contributed by atoms with E-state index in [0.29, 0.717) is 13.0 Å². The average Bonchev–Trinajstić information content (AvgIpc) is 2.58. The molecule has 132 valence electrons. The van der Waals surface area contributed by atoms with Gasteiger partial charge in [0.05, 0.1) is 17.6 Å². The second kappa shape index (κ2) is 8.61. The Bertz CT molecular complexity index is 907. The summed E-state index contributed by atoms with van der Waals surface area (Å²) in [6.45, 7) is 1.37. The van der Waals surface area contributed by atoms with E-state index in [1.807, 2.05) is 50.5 Å². The van der Waals surface area contributed by atoms with Gasteiger partial charge in [0.15, 0.2) is 0 Å². The lowest BCUT2D eigenvalue weighted by atomic mass is 10.0. The molecular formula is C19H21BrClN3O. The highest BCUT2D eigenvalue weighted by atomic mass is 79.9. The van der Waals surface area contributed by atoms with Crippen molar-refractivity contribution >= 4 is 39.1 Å². The number of rotatable bonds is 5. The summed E-state index contributed by atoms with van der Waals surface area (Å²) in [4.78, 5) is 14.7. The topological polar surface area (TPSA) is 38.1 Å². The van der Waals surface area contributed by atoms with Crippen LogP contribution in [0.15, 0.2) is 57.8 Å². The third kappa shape index (κ3) is 4.69. The van der Waals surface area contributed by atoms with E-state index < -0.39 is 0 Å². The van der Waals surface area contributed by atoms with Gasteiger partial charge in [0.1, 0.15) is 0 Å². The minimum Gasteiger partial charge on any atom is -0.308 e. The van der Waals surface area contributed by atoms with Crippen LogP contribution in [0.25, 0.3) is 10.8 Å². The molecule has 0 aliphatic carbocycles. The zero-order valence-corrected chi connectivity index (χ0v) is 16.7. The first kappa shape index (κ1) is 19.6. The van der Waals surface area contributed by atoms with Crippen molar-refractivity contribution in [2.75, 3.05) is 20.6 Å². The molecule has 0 aliphatic rings. The fourth-order valence-electron chi connectivity index (χ4n) is 2.68. The minimum absolute atomic E-state index is 0. The van der Waals surface area contributed by atoms with Crippen LogP contribution in [0, 0.1) is 0 Å². The van der Waals surface area contributed by atoms with Crippen LogP contribution in [0.5, 0.6) is 0 Å². The van der Waals surface area contributed by atoms with E-state index in [0.717, 1.165) is 27.5 Å². The van der Waals surface area contributed by atoms with Crippen molar-refractivity contribution in [3.8, 4) is 0 Å². The SMILES string of the molecule is CN(C)CCn1nc(Cc2ccc(Br)cc2)c2ccccc2c1=O.Cl. The third-order valence-electron chi connectivity index (χ3n) is 3.99. The molecule has 4 nitrogen and oxygen atoms in total. The summed E-state index contributed by atoms with van der Waals surface area (Å²) >= 11 is 3.46. The molecule has 0 aliphatic heterocycles. The van der Waals surface area contributed by atoms with Crippen molar-refractivity contribution < 1.29 is 0 Å². The zero-order chi connectivity index (χ0) is 17.1. The fourth-order valence-corrected chi connectivity index (χ4v) is 2.94. The van der Waals surface area contributed by atoms with Gasteiger partial charge in [-0.1, -0.05) is 46.3 Å². The van der Waals surface area contributed by atoms with Crippen molar-refractivity contribution in [3.05, 3.63) is 74.6 Å². The third-order valence-corrected chi connectivity index (χ3v) is 4.52. The molecule has 0 amide bonds. The predicted octanol–water partition coefficient (Wildman–Crippen LogP) is 3.73. The van der Waals surface area contributed by atoms with Gasteiger partial charge in [-0.2, -0.15) is 5.10 Å². The van der Waals surface area contributed by atoms with Gasteiger partial charge >= 0.3 is 0 Å². The molecule has 0 saturated heterocycles. The number of halogens is 2. The Labute approximate surface area is 162 Å². The molecule has 6 heteroatoms. The van der Waals surface area contributed by atoms with Gasteiger partial charge in [-0.15, -0.1) is 12.4 Å². The van der Waals surface area contributed by atoms with Gasteiger partial charge in [-0.25, -0.2) is 4.68 Å². The summed E-state index contributed by atoms with van der Waals surface area (Å²) in [5.41, 5.74) is 2.09. The van der Waals surface area contributed by atoms with E-state index in [1.165, 1.54) is 5.56 Å². The van der Waals surface area contributed by atoms with Gasteiger partial charge < -0.3 is 4.90 Å². The molecule has 3 aromatic rings. The van der Waals surface area contributed by atoms with Gasteiger partial charge in [0, 0.05) is 22.8 Å². The van der Waals surface area contributed by atoms with Crippen molar-refractivity contribution in [1.29, 1.82) is 0 Å². The Morgan fingerprint density at radius 2 is 1.68 bits per heavy atom. The highest BCUT2D eigenvalue weighted by Gasteiger charge is 2.11. The Balaban J connectivity index is 0.00000225. The maximum Gasteiger partial charge on any atom is 0.274 e. The van der Waals surface area contributed by atoms with E-state index in [9.17, 15) is 4.79 Å². The summed E-state index contributed by atoms with van der Waals surface area (Å²) in [5.74, 6) is 0. The molecule has 0 saturated carbocycles.